The van der Waals surface area contributed by atoms with Crippen LogP contribution in [0.4, 0.5) is 0 Å². The van der Waals surface area contributed by atoms with E-state index in [0.29, 0.717) is 6.61 Å². The number of aryl methyl sites for hydroxylation is 1. The van der Waals surface area contributed by atoms with E-state index in [2.05, 4.69) is 9.88 Å². The number of ether oxygens (including phenoxy) is 1. The number of likely N-dealkylation sites (tertiary alicyclic amines) is 1. The Hall–Kier alpha value is -1.13. The highest BCUT2D eigenvalue weighted by Gasteiger charge is 2.15. The highest BCUT2D eigenvalue weighted by Crippen LogP contribution is 2.11. The fourth-order valence-electron chi connectivity index (χ4n) is 2.16. The minimum Gasteiger partial charge on any atom is -0.490 e. The van der Waals surface area contributed by atoms with Crippen LogP contribution in [0.1, 0.15) is 18.4 Å². The number of nitrogens with two attached hydrogens (primary N) is 1. The second-order valence-electron chi connectivity index (χ2n) is 4.78. The molecule has 0 aliphatic carbocycles. The number of rotatable bonds is 5. The van der Waals surface area contributed by atoms with Crippen molar-refractivity contribution in [2.75, 3.05) is 26.2 Å². The summed E-state index contributed by atoms with van der Waals surface area (Å²) in [6, 6.07) is 2.06. The van der Waals surface area contributed by atoms with Crippen LogP contribution in [0.2, 0.25) is 0 Å². The molecule has 1 aromatic rings. The van der Waals surface area contributed by atoms with Crippen molar-refractivity contribution < 1.29 is 4.74 Å². The van der Waals surface area contributed by atoms with Crippen LogP contribution in [0.15, 0.2) is 18.5 Å². The molecule has 2 heterocycles. The summed E-state index contributed by atoms with van der Waals surface area (Å²) in [7, 11) is 0. The van der Waals surface area contributed by atoms with Gasteiger partial charge in [-0.1, -0.05) is 0 Å². The largest absolute Gasteiger partial charge is 0.490 e. The lowest BCUT2D eigenvalue weighted by molar-refractivity contribution is 0.236. The van der Waals surface area contributed by atoms with E-state index in [1.54, 1.807) is 6.20 Å². The Kier molecular flexibility index (Phi) is 4.34. The third-order valence-electron chi connectivity index (χ3n) is 3.01. The molecule has 2 N–H and O–H groups in total. The molecule has 1 aliphatic heterocycles. The molecule has 1 aliphatic rings. The van der Waals surface area contributed by atoms with Crippen molar-refractivity contribution in [2.24, 2.45) is 5.73 Å². The normalized spacial score (nSPS) is 18.2. The highest BCUT2D eigenvalue weighted by molar-refractivity contribution is 5.22. The van der Waals surface area contributed by atoms with Gasteiger partial charge in [0.15, 0.2) is 0 Å². The van der Waals surface area contributed by atoms with Gasteiger partial charge in [0.25, 0.3) is 0 Å². The molecular weight excluding hydrogens is 214 g/mol. The van der Waals surface area contributed by atoms with Crippen LogP contribution in [-0.2, 0) is 0 Å². The number of hydrogen-bond donors (Lipinski definition) is 1. The van der Waals surface area contributed by atoms with Crippen molar-refractivity contribution >= 4 is 0 Å². The van der Waals surface area contributed by atoms with Crippen LogP contribution >= 0.6 is 0 Å². The van der Waals surface area contributed by atoms with Gasteiger partial charge in [0.1, 0.15) is 12.4 Å². The second kappa shape index (κ2) is 5.98. The fraction of sp³-hybridized carbons (Fsp3) is 0.615. The van der Waals surface area contributed by atoms with Gasteiger partial charge in [-0.25, -0.2) is 0 Å². The third-order valence-corrected chi connectivity index (χ3v) is 3.01. The van der Waals surface area contributed by atoms with E-state index in [-0.39, 0.29) is 6.04 Å². The third kappa shape index (κ3) is 3.98. The van der Waals surface area contributed by atoms with Crippen molar-refractivity contribution in [3.05, 3.63) is 24.0 Å². The molecule has 1 unspecified atom stereocenters. The topological polar surface area (TPSA) is 51.4 Å². The minimum absolute atomic E-state index is 0.0774. The zero-order valence-electron chi connectivity index (χ0n) is 10.4. The quantitative estimate of drug-likeness (QED) is 0.833. The first kappa shape index (κ1) is 12.3. The molecule has 0 bridgehead atoms. The molecule has 1 aromatic heterocycles. The zero-order chi connectivity index (χ0) is 12.1. The number of aromatic nitrogens is 1. The maximum absolute atomic E-state index is 6.05. The van der Waals surface area contributed by atoms with E-state index in [1.807, 2.05) is 19.2 Å². The Morgan fingerprint density at radius 2 is 2.18 bits per heavy atom. The van der Waals surface area contributed by atoms with Crippen molar-refractivity contribution in [1.82, 2.24) is 9.88 Å². The van der Waals surface area contributed by atoms with E-state index in [0.717, 1.165) is 17.9 Å². The van der Waals surface area contributed by atoms with Gasteiger partial charge in [0.05, 0.1) is 12.2 Å². The molecule has 1 fully saturated rings. The van der Waals surface area contributed by atoms with Gasteiger partial charge in [-0.15, -0.1) is 0 Å². The van der Waals surface area contributed by atoms with Gasteiger partial charge >= 0.3 is 0 Å². The Morgan fingerprint density at radius 3 is 2.88 bits per heavy atom. The van der Waals surface area contributed by atoms with E-state index >= 15 is 0 Å². The molecule has 94 valence electrons. The van der Waals surface area contributed by atoms with Crippen LogP contribution in [0.3, 0.4) is 0 Å². The van der Waals surface area contributed by atoms with E-state index < -0.39 is 0 Å². The molecule has 4 nitrogen and oxygen atoms in total. The molecule has 1 saturated heterocycles. The standard InChI is InChI=1S/C13H21N3O/c1-11-6-13(8-15-7-11)17-10-12(14)9-16-4-2-3-5-16/h6-8,12H,2-5,9-10,14H2,1H3. The lowest BCUT2D eigenvalue weighted by Gasteiger charge is -2.20. The molecule has 0 saturated carbocycles. The van der Waals surface area contributed by atoms with E-state index in [9.17, 15) is 0 Å². The predicted octanol–water partition coefficient (Wildman–Crippen LogP) is 1.19. The molecule has 2 rings (SSSR count). The van der Waals surface area contributed by atoms with Crippen molar-refractivity contribution in [3.8, 4) is 5.75 Å². The first-order valence-electron chi connectivity index (χ1n) is 6.26. The maximum Gasteiger partial charge on any atom is 0.137 e. The summed E-state index contributed by atoms with van der Waals surface area (Å²) in [5, 5.41) is 0. The molecule has 0 spiro atoms. The Morgan fingerprint density at radius 1 is 1.41 bits per heavy atom. The number of nitrogens with zero attached hydrogens (tertiary/aromatic N) is 2. The van der Waals surface area contributed by atoms with Gasteiger partial charge in [-0.2, -0.15) is 0 Å². The molecule has 0 amide bonds. The fourth-order valence-corrected chi connectivity index (χ4v) is 2.16. The Balaban J connectivity index is 1.73. The van der Waals surface area contributed by atoms with Crippen LogP contribution in [0, 0.1) is 6.92 Å². The van der Waals surface area contributed by atoms with Gasteiger partial charge < -0.3 is 15.4 Å². The summed E-state index contributed by atoms with van der Waals surface area (Å²) < 4.78 is 5.64. The first-order valence-corrected chi connectivity index (χ1v) is 6.26. The summed E-state index contributed by atoms with van der Waals surface area (Å²) in [4.78, 5) is 6.49. The van der Waals surface area contributed by atoms with Crippen LogP contribution < -0.4 is 10.5 Å². The molecular formula is C13H21N3O. The zero-order valence-corrected chi connectivity index (χ0v) is 10.4. The Labute approximate surface area is 103 Å². The summed E-state index contributed by atoms with van der Waals surface area (Å²) in [6.07, 6.45) is 6.15. The summed E-state index contributed by atoms with van der Waals surface area (Å²) in [5.41, 5.74) is 7.16. The monoisotopic (exact) mass is 235 g/mol. The maximum atomic E-state index is 6.05. The summed E-state index contributed by atoms with van der Waals surface area (Å²) >= 11 is 0. The lowest BCUT2D eigenvalue weighted by Crippen LogP contribution is -2.40. The van der Waals surface area contributed by atoms with Crippen molar-refractivity contribution in [1.29, 1.82) is 0 Å². The molecule has 17 heavy (non-hydrogen) atoms. The second-order valence-corrected chi connectivity index (χ2v) is 4.78. The number of pyridine rings is 1. The highest BCUT2D eigenvalue weighted by atomic mass is 16.5. The number of hydrogen-bond acceptors (Lipinski definition) is 4. The van der Waals surface area contributed by atoms with E-state index in [1.165, 1.54) is 25.9 Å². The van der Waals surface area contributed by atoms with Crippen molar-refractivity contribution in [3.63, 3.8) is 0 Å². The molecule has 1 atom stereocenters. The van der Waals surface area contributed by atoms with Crippen LogP contribution in [-0.4, -0.2) is 42.2 Å². The van der Waals surface area contributed by atoms with Gasteiger partial charge in [-0.05, 0) is 44.5 Å². The summed E-state index contributed by atoms with van der Waals surface area (Å²) in [5.74, 6) is 0.807. The minimum atomic E-state index is 0.0774. The SMILES string of the molecule is Cc1cncc(OCC(N)CN2CCCC2)c1. The van der Waals surface area contributed by atoms with Crippen LogP contribution in [0.5, 0.6) is 5.75 Å². The van der Waals surface area contributed by atoms with Gasteiger partial charge in [0, 0.05) is 12.7 Å². The molecule has 0 radical (unpaired) electrons. The lowest BCUT2D eigenvalue weighted by atomic mass is 10.3. The average Bonchev–Trinajstić information content (AvgIpc) is 2.79. The average molecular weight is 235 g/mol. The summed E-state index contributed by atoms with van der Waals surface area (Å²) in [6.45, 7) is 5.85. The van der Waals surface area contributed by atoms with Gasteiger partial charge in [0.2, 0.25) is 0 Å². The van der Waals surface area contributed by atoms with Crippen LogP contribution in [0.25, 0.3) is 0 Å². The smallest absolute Gasteiger partial charge is 0.137 e. The molecule has 0 aromatic carbocycles. The Bertz CT molecular complexity index is 350. The van der Waals surface area contributed by atoms with Crippen molar-refractivity contribution in [2.45, 2.75) is 25.8 Å². The first-order chi connectivity index (χ1) is 8.24. The van der Waals surface area contributed by atoms with Gasteiger partial charge in [-0.3, -0.25) is 4.98 Å². The van der Waals surface area contributed by atoms with E-state index in [4.69, 9.17) is 10.5 Å². The molecule has 4 heteroatoms. The predicted molar refractivity (Wildman–Crippen MR) is 68.1 cm³/mol.